The normalized spacial score (nSPS) is 12.4. The molecule has 18 heavy (non-hydrogen) atoms. The van der Waals surface area contributed by atoms with E-state index >= 15 is 0 Å². The Bertz CT molecular complexity index is 315. The maximum atomic E-state index is 5.57. The van der Waals surface area contributed by atoms with Crippen LogP contribution in [0, 0.1) is 0 Å². The molecule has 1 heterocycles. The number of rotatable bonds is 9. The van der Waals surface area contributed by atoms with Crippen molar-refractivity contribution in [3.05, 3.63) is 17.8 Å². The third-order valence-corrected chi connectivity index (χ3v) is 3.02. The van der Waals surface area contributed by atoms with Crippen molar-refractivity contribution in [2.24, 2.45) is 5.84 Å². The van der Waals surface area contributed by atoms with Crippen LogP contribution >= 0.6 is 0 Å². The predicted molar refractivity (Wildman–Crippen MR) is 72.0 cm³/mol. The lowest BCUT2D eigenvalue weighted by Crippen LogP contribution is -2.28. The van der Waals surface area contributed by atoms with Gasteiger partial charge in [-0.3, -0.25) is 11.3 Å². The Hall–Kier alpha value is -1.20. The third kappa shape index (κ3) is 4.98. The Morgan fingerprint density at radius 1 is 1.22 bits per heavy atom. The maximum Gasteiger partial charge on any atom is 0.233 e. The van der Waals surface area contributed by atoms with Crippen LogP contribution in [0.3, 0.4) is 0 Å². The molecule has 0 spiro atoms. The van der Waals surface area contributed by atoms with Gasteiger partial charge in [0.15, 0.2) is 0 Å². The molecule has 3 N–H and O–H groups in total. The molecule has 1 rings (SSSR count). The molecule has 102 valence electrons. The molecule has 1 aromatic rings. The zero-order valence-electron chi connectivity index (χ0n) is 11.4. The van der Waals surface area contributed by atoms with Crippen LogP contribution in [-0.2, 0) is 0 Å². The molecule has 0 aliphatic rings. The zero-order chi connectivity index (χ0) is 13.2. The number of hydrazine groups is 1. The number of nitrogens with one attached hydrogen (secondary N) is 1. The average Bonchev–Trinajstić information content (AvgIpc) is 2.43. The number of methoxy groups -OCH3 is 1. The minimum Gasteiger partial charge on any atom is -0.480 e. The first-order valence-corrected chi connectivity index (χ1v) is 6.65. The average molecular weight is 252 g/mol. The van der Waals surface area contributed by atoms with Crippen LogP contribution in [0.5, 0.6) is 5.88 Å². The number of ether oxygens (including phenoxy) is 1. The summed E-state index contributed by atoms with van der Waals surface area (Å²) in [6.45, 7) is 2.22. The van der Waals surface area contributed by atoms with E-state index in [9.17, 15) is 0 Å². The van der Waals surface area contributed by atoms with E-state index in [0.717, 1.165) is 18.5 Å². The first kappa shape index (κ1) is 14.9. The number of nitrogens with zero attached hydrogens (tertiary/aromatic N) is 2. The molecule has 0 amide bonds. The summed E-state index contributed by atoms with van der Waals surface area (Å²) < 4.78 is 4.98. The molecule has 0 radical (unpaired) electrons. The Kier molecular flexibility index (Phi) is 7.29. The van der Waals surface area contributed by atoms with Gasteiger partial charge >= 0.3 is 0 Å². The largest absolute Gasteiger partial charge is 0.480 e. The number of hydrogen-bond donors (Lipinski definition) is 2. The van der Waals surface area contributed by atoms with Crippen LogP contribution in [0.15, 0.2) is 12.1 Å². The minimum absolute atomic E-state index is 0.0741. The van der Waals surface area contributed by atoms with Gasteiger partial charge in [-0.15, -0.1) is 5.10 Å². The predicted octanol–water partition coefficient (Wildman–Crippen LogP) is 2.35. The minimum atomic E-state index is 0.0741. The van der Waals surface area contributed by atoms with Crippen molar-refractivity contribution >= 4 is 0 Å². The van der Waals surface area contributed by atoms with E-state index in [-0.39, 0.29) is 6.04 Å². The molecular formula is C13H24N4O. The lowest BCUT2D eigenvalue weighted by Gasteiger charge is -2.14. The van der Waals surface area contributed by atoms with Crippen molar-refractivity contribution in [1.82, 2.24) is 15.6 Å². The van der Waals surface area contributed by atoms with Gasteiger partial charge in [0, 0.05) is 6.07 Å². The summed E-state index contributed by atoms with van der Waals surface area (Å²) in [6, 6.07) is 3.79. The molecule has 1 aromatic heterocycles. The van der Waals surface area contributed by atoms with Gasteiger partial charge < -0.3 is 4.74 Å². The summed E-state index contributed by atoms with van der Waals surface area (Å²) >= 11 is 0. The van der Waals surface area contributed by atoms with Gasteiger partial charge in [-0.1, -0.05) is 39.0 Å². The fourth-order valence-electron chi connectivity index (χ4n) is 1.89. The summed E-state index contributed by atoms with van der Waals surface area (Å²) in [7, 11) is 1.58. The molecule has 0 aromatic carbocycles. The molecule has 1 unspecified atom stereocenters. The Morgan fingerprint density at radius 2 is 2.00 bits per heavy atom. The number of nitrogens with two attached hydrogens (primary N) is 1. The van der Waals surface area contributed by atoms with Gasteiger partial charge in [-0.05, 0) is 12.5 Å². The Balaban J connectivity index is 2.39. The maximum absolute atomic E-state index is 5.57. The van der Waals surface area contributed by atoms with Gasteiger partial charge in [-0.2, -0.15) is 5.10 Å². The van der Waals surface area contributed by atoms with Crippen molar-refractivity contribution < 1.29 is 4.74 Å². The molecule has 0 saturated carbocycles. The topological polar surface area (TPSA) is 73.1 Å². The highest BCUT2D eigenvalue weighted by Gasteiger charge is 2.11. The summed E-state index contributed by atoms with van der Waals surface area (Å²) in [5.74, 6) is 6.09. The van der Waals surface area contributed by atoms with Crippen LogP contribution in [0.4, 0.5) is 0 Å². The Morgan fingerprint density at radius 3 is 2.56 bits per heavy atom. The fraction of sp³-hybridized carbons (Fsp3) is 0.692. The van der Waals surface area contributed by atoms with Crippen molar-refractivity contribution in [1.29, 1.82) is 0 Å². The fourth-order valence-corrected chi connectivity index (χ4v) is 1.89. The lowest BCUT2D eigenvalue weighted by atomic mass is 10.0. The second-order valence-electron chi connectivity index (χ2n) is 4.42. The van der Waals surface area contributed by atoms with Gasteiger partial charge in [0.2, 0.25) is 5.88 Å². The van der Waals surface area contributed by atoms with Crippen molar-refractivity contribution in [2.45, 2.75) is 51.5 Å². The first-order chi connectivity index (χ1) is 8.81. The van der Waals surface area contributed by atoms with E-state index in [4.69, 9.17) is 10.6 Å². The van der Waals surface area contributed by atoms with Crippen LogP contribution < -0.4 is 16.0 Å². The van der Waals surface area contributed by atoms with E-state index in [0.29, 0.717) is 5.88 Å². The molecule has 1 atom stereocenters. The van der Waals surface area contributed by atoms with E-state index in [1.807, 2.05) is 12.1 Å². The van der Waals surface area contributed by atoms with Crippen molar-refractivity contribution in [2.75, 3.05) is 7.11 Å². The molecular weight excluding hydrogens is 228 g/mol. The number of hydrogen-bond acceptors (Lipinski definition) is 5. The molecule has 5 heteroatoms. The van der Waals surface area contributed by atoms with E-state index in [1.54, 1.807) is 7.11 Å². The molecule has 0 fully saturated rings. The molecule has 0 saturated heterocycles. The van der Waals surface area contributed by atoms with Gasteiger partial charge in [0.25, 0.3) is 0 Å². The molecule has 0 bridgehead atoms. The molecule has 0 aliphatic carbocycles. The number of unbranched alkanes of at least 4 members (excludes halogenated alkanes) is 4. The van der Waals surface area contributed by atoms with Crippen molar-refractivity contribution in [3.63, 3.8) is 0 Å². The van der Waals surface area contributed by atoms with Crippen LogP contribution in [0.2, 0.25) is 0 Å². The summed E-state index contributed by atoms with van der Waals surface area (Å²) in [5.41, 5.74) is 3.67. The van der Waals surface area contributed by atoms with Crippen molar-refractivity contribution in [3.8, 4) is 5.88 Å². The third-order valence-electron chi connectivity index (χ3n) is 3.02. The standard InChI is InChI=1S/C13H24N4O/c1-3-4-5-6-7-8-11(15-14)12-9-10-13(18-2)17-16-12/h9-11,15H,3-8,14H2,1-2H3. The highest BCUT2D eigenvalue weighted by molar-refractivity contribution is 5.13. The first-order valence-electron chi connectivity index (χ1n) is 6.65. The van der Waals surface area contributed by atoms with Crippen LogP contribution in [0.25, 0.3) is 0 Å². The van der Waals surface area contributed by atoms with E-state index < -0.39 is 0 Å². The van der Waals surface area contributed by atoms with Crippen LogP contribution in [0.1, 0.15) is 57.2 Å². The monoisotopic (exact) mass is 252 g/mol. The molecule has 0 aliphatic heterocycles. The molecule has 5 nitrogen and oxygen atoms in total. The second-order valence-corrected chi connectivity index (χ2v) is 4.42. The summed E-state index contributed by atoms with van der Waals surface area (Å²) in [5, 5.41) is 8.07. The second kappa shape index (κ2) is 8.83. The van der Waals surface area contributed by atoms with Gasteiger partial charge in [0.05, 0.1) is 18.8 Å². The summed E-state index contributed by atoms with van der Waals surface area (Å²) in [6.07, 6.45) is 7.26. The lowest BCUT2D eigenvalue weighted by molar-refractivity contribution is 0.387. The van der Waals surface area contributed by atoms with E-state index in [2.05, 4.69) is 22.5 Å². The Labute approximate surface area is 109 Å². The quantitative estimate of drug-likeness (QED) is 0.401. The SMILES string of the molecule is CCCCCCCC(NN)c1ccc(OC)nn1. The highest BCUT2D eigenvalue weighted by Crippen LogP contribution is 2.18. The zero-order valence-corrected chi connectivity index (χ0v) is 11.4. The van der Waals surface area contributed by atoms with Gasteiger partial charge in [0.1, 0.15) is 0 Å². The smallest absolute Gasteiger partial charge is 0.233 e. The summed E-state index contributed by atoms with van der Waals surface area (Å²) in [4.78, 5) is 0. The number of aromatic nitrogens is 2. The van der Waals surface area contributed by atoms with E-state index in [1.165, 1.54) is 25.7 Å². The van der Waals surface area contributed by atoms with Gasteiger partial charge in [-0.25, -0.2) is 0 Å². The highest BCUT2D eigenvalue weighted by atomic mass is 16.5. The van der Waals surface area contributed by atoms with Crippen LogP contribution in [-0.4, -0.2) is 17.3 Å².